The molecule has 1 heteroatoms. The maximum Gasteiger partial charge on any atom is 0.0406 e. The molecule has 1 aliphatic rings. The van der Waals surface area contributed by atoms with Gasteiger partial charge in [0.15, 0.2) is 0 Å². The Bertz CT molecular complexity index is 593. The van der Waals surface area contributed by atoms with Crippen molar-refractivity contribution in [1.29, 1.82) is 0 Å². The molecule has 0 saturated carbocycles. The van der Waals surface area contributed by atoms with Crippen LogP contribution in [0, 0.1) is 13.8 Å². The molecule has 0 amide bonds. The van der Waals surface area contributed by atoms with E-state index in [1.165, 1.54) is 48.1 Å². The molecule has 0 saturated heterocycles. The second-order valence-electron chi connectivity index (χ2n) is 5.87. The van der Waals surface area contributed by atoms with Crippen LogP contribution < -0.4 is 5.32 Å². The highest BCUT2D eigenvalue weighted by atomic mass is 14.9. The molecule has 0 bridgehead atoms. The summed E-state index contributed by atoms with van der Waals surface area (Å²) in [5, 5.41) is 3.67. The van der Waals surface area contributed by atoms with Gasteiger partial charge in [0, 0.05) is 12.2 Å². The fourth-order valence-corrected chi connectivity index (χ4v) is 3.26. The van der Waals surface area contributed by atoms with Crippen molar-refractivity contribution in [2.75, 3.05) is 5.32 Å². The zero-order valence-corrected chi connectivity index (χ0v) is 12.5. The number of fused-ring (bicyclic) bond motifs is 1. The summed E-state index contributed by atoms with van der Waals surface area (Å²) in [7, 11) is 0. The number of nitrogens with one attached hydrogen (secondary N) is 1. The van der Waals surface area contributed by atoms with Crippen molar-refractivity contribution in [3.63, 3.8) is 0 Å². The standard InChI is InChI=1S/C19H23N/c1-14-7-5-8-15(2)18(14)13-20-19-12-6-10-16-9-3-4-11-17(16)19/h5-8,10,12,20H,3-4,9,11,13H2,1-2H3. The predicted octanol–water partition coefficient (Wildman–Crippen LogP) is 4.79. The molecular formula is C19H23N. The lowest BCUT2D eigenvalue weighted by molar-refractivity contribution is 0.686. The van der Waals surface area contributed by atoms with Crippen molar-refractivity contribution in [1.82, 2.24) is 0 Å². The van der Waals surface area contributed by atoms with E-state index in [4.69, 9.17) is 0 Å². The van der Waals surface area contributed by atoms with Gasteiger partial charge < -0.3 is 5.32 Å². The molecule has 0 aromatic heterocycles. The molecule has 1 aliphatic carbocycles. The molecule has 0 unspecified atom stereocenters. The van der Waals surface area contributed by atoms with E-state index < -0.39 is 0 Å². The lowest BCUT2D eigenvalue weighted by Gasteiger charge is -2.21. The highest BCUT2D eigenvalue weighted by Gasteiger charge is 2.12. The molecule has 1 nitrogen and oxygen atoms in total. The molecule has 0 heterocycles. The van der Waals surface area contributed by atoms with Crippen LogP contribution in [0.2, 0.25) is 0 Å². The Balaban J connectivity index is 1.82. The van der Waals surface area contributed by atoms with Crippen molar-refractivity contribution < 1.29 is 0 Å². The van der Waals surface area contributed by atoms with E-state index in [1.54, 1.807) is 11.1 Å². The van der Waals surface area contributed by atoms with Gasteiger partial charge in [0.2, 0.25) is 0 Å². The van der Waals surface area contributed by atoms with Gasteiger partial charge in [-0.05, 0) is 73.4 Å². The van der Waals surface area contributed by atoms with Gasteiger partial charge in [0.1, 0.15) is 0 Å². The topological polar surface area (TPSA) is 12.0 Å². The minimum Gasteiger partial charge on any atom is -0.381 e. The van der Waals surface area contributed by atoms with Gasteiger partial charge in [-0.2, -0.15) is 0 Å². The van der Waals surface area contributed by atoms with Crippen LogP contribution in [0.15, 0.2) is 36.4 Å². The highest BCUT2D eigenvalue weighted by Crippen LogP contribution is 2.28. The highest BCUT2D eigenvalue weighted by molar-refractivity contribution is 5.56. The van der Waals surface area contributed by atoms with Crippen LogP contribution in [0.3, 0.4) is 0 Å². The third kappa shape index (κ3) is 2.58. The first kappa shape index (κ1) is 13.2. The van der Waals surface area contributed by atoms with Gasteiger partial charge in [0.05, 0.1) is 0 Å². The summed E-state index contributed by atoms with van der Waals surface area (Å²) < 4.78 is 0. The number of hydrogen-bond donors (Lipinski definition) is 1. The maximum absolute atomic E-state index is 3.67. The summed E-state index contributed by atoms with van der Waals surface area (Å²) in [6.45, 7) is 5.32. The van der Waals surface area contributed by atoms with Crippen LogP contribution in [-0.4, -0.2) is 0 Å². The number of anilines is 1. The Labute approximate surface area is 122 Å². The lowest BCUT2D eigenvalue weighted by Crippen LogP contribution is -2.09. The van der Waals surface area contributed by atoms with Crippen LogP contribution >= 0.6 is 0 Å². The minimum absolute atomic E-state index is 0.926. The first-order chi connectivity index (χ1) is 9.75. The van der Waals surface area contributed by atoms with E-state index in [1.807, 2.05) is 0 Å². The molecule has 20 heavy (non-hydrogen) atoms. The Morgan fingerprint density at radius 1 is 0.900 bits per heavy atom. The summed E-state index contributed by atoms with van der Waals surface area (Å²) in [5.41, 5.74) is 8.61. The van der Waals surface area contributed by atoms with Crippen LogP contribution in [-0.2, 0) is 19.4 Å². The van der Waals surface area contributed by atoms with Crippen molar-refractivity contribution in [2.24, 2.45) is 0 Å². The second kappa shape index (κ2) is 5.70. The average Bonchev–Trinajstić information content (AvgIpc) is 2.47. The van der Waals surface area contributed by atoms with Crippen molar-refractivity contribution in [3.05, 3.63) is 64.2 Å². The van der Waals surface area contributed by atoms with Crippen LogP contribution in [0.4, 0.5) is 5.69 Å². The summed E-state index contributed by atoms with van der Waals surface area (Å²) in [6.07, 6.45) is 5.14. The van der Waals surface area contributed by atoms with Crippen LogP contribution in [0.1, 0.15) is 40.7 Å². The van der Waals surface area contributed by atoms with Crippen LogP contribution in [0.25, 0.3) is 0 Å². The Hall–Kier alpha value is -1.76. The summed E-state index contributed by atoms with van der Waals surface area (Å²) in [5.74, 6) is 0. The molecule has 0 radical (unpaired) electrons. The Kier molecular flexibility index (Phi) is 3.77. The molecule has 0 atom stereocenters. The SMILES string of the molecule is Cc1cccc(C)c1CNc1cccc2c1CCCC2. The number of rotatable bonds is 3. The monoisotopic (exact) mass is 265 g/mol. The van der Waals surface area contributed by atoms with Crippen molar-refractivity contribution in [2.45, 2.75) is 46.1 Å². The predicted molar refractivity (Wildman–Crippen MR) is 86.3 cm³/mol. The average molecular weight is 265 g/mol. The molecule has 0 spiro atoms. The molecule has 2 aromatic carbocycles. The molecular weight excluding hydrogens is 242 g/mol. The molecule has 104 valence electrons. The Morgan fingerprint density at radius 3 is 2.40 bits per heavy atom. The van der Waals surface area contributed by atoms with Gasteiger partial charge in [-0.25, -0.2) is 0 Å². The van der Waals surface area contributed by atoms with Gasteiger partial charge in [-0.3, -0.25) is 0 Å². The van der Waals surface area contributed by atoms with Gasteiger partial charge in [0.25, 0.3) is 0 Å². The van der Waals surface area contributed by atoms with Crippen LogP contribution in [0.5, 0.6) is 0 Å². The summed E-state index contributed by atoms with van der Waals surface area (Å²) in [6, 6.07) is 13.3. The van der Waals surface area contributed by atoms with Crippen molar-refractivity contribution >= 4 is 5.69 Å². The zero-order valence-electron chi connectivity index (χ0n) is 12.5. The first-order valence-corrected chi connectivity index (χ1v) is 7.65. The van der Waals surface area contributed by atoms with E-state index in [-0.39, 0.29) is 0 Å². The molecule has 1 N–H and O–H groups in total. The van der Waals surface area contributed by atoms with Gasteiger partial charge >= 0.3 is 0 Å². The van der Waals surface area contributed by atoms with Crippen molar-refractivity contribution in [3.8, 4) is 0 Å². The third-order valence-corrected chi connectivity index (χ3v) is 4.50. The van der Waals surface area contributed by atoms with Gasteiger partial charge in [-0.15, -0.1) is 0 Å². The largest absolute Gasteiger partial charge is 0.381 e. The van der Waals surface area contributed by atoms with Gasteiger partial charge in [-0.1, -0.05) is 30.3 Å². The Morgan fingerprint density at radius 2 is 1.60 bits per heavy atom. The van der Waals surface area contributed by atoms with E-state index in [0.29, 0.717) is 0 Å². The molecule has 2 aromatic rings. The fraction of sp³-hybridized carbons (Fsp3) is 0.368. The summed E-state index contributed by atoms with van der Waals surface area (Å²) in [4.78, 5) is 0. The fourth-order valence-electron chi connectivity index (χ4n) is 3.26. The van der Waals surface area contributed by atoms with E-state index in [9.17, 15) is 0 Å². The second-order valence-corrected chi connectivity index (χ2v) is 5.87. The van der Waals surface area contributed by atoms with E-state index in [2.05, 4.69) is 55.6 Å². The molecule has 3 rings (SSSR count). The zero-order chi connectivity index (χ0) is 13.9. The van der Waals surface area contributed by atoms with E-state index >= 15 is 0 Å². The first-order valence-electron chi connectivity index (χ1n) is 7.65. The quantitative estimate of drug-likeness (QED) is 0.841. The molecule has 0 aliphatic heterocycles. The maximum atomic E-state index is 3.67. The smallest absolute Gasteiger partial charge is 0.0406 e. The molecule has 0 fully saturated rings. The van der Waals surface area contributed by atoms with E-state index in [0.717, 1.165) is 6.54 Å². The number of benzene rings is 2. The third-order valence-electron chi connectivity index (χ3n) is 4.50. The number of aryl methyl sites for hydroxylation is 3. The minimum atomic E-state index is 0.926. The number of hydrogen-bond acceptors (Lipinski definition) is 1. The summed E-state index contributed by atoms with van der Waals surface area (Å²) >= 11 is 0. The lowest BCUT2D eigenvalue weighted by atomic mass is 9.90. The normalized spacial score (nSPS) is 13.9.